The molecule has 0 fully saturated rings. The lowest BCUT2D eigenvalue weighted by molar-refractivity contribution is 0.795. The molecule has 0 amide bonds. The Bertz CT molecular complexity index is 455. The largest absolute Gasteiger partial charge is 0.342 e. The van der Waals surface area contributed by atoms with Crippen molar-refractivity contribution in [1.82, 2.24) is 9.97 Å². The third-order valence-electron chi connectivity index (χ3n) is 2.47. The van der Waals surface area contributed by atoms with Gasteiger partial charge < -0.3 is 4.98 Å². The zero-order valence-electron chi connectivity index (χ0n) is 9.41. The van der Waals surface area contributed by atoms with Gasteiger partial charge in [0.25, 0.3) is 0 Å². The predicted octanol–water partition coefficient (Wildman–Crippen LogP) is 3.51. The van der Waals surface area contributed by atoms with Gasteiger partial charge in [-0.2, -0.15) is 0 Å². The molecule has 2 heteroatoms. The lowest BCUT2D eigenvalue weighted by atomic mass is 10.1. The van der Waals surface area contributed by atoms with Gasteiger partial charge in [0.2, 0.25) is 0 Å². The molecule has 1 aromatic heterocycles. The molecule has 0 bridgehead atoms. The highest BCUT2D eigenvalue weighted by Crippen LogP contribution is 2.20. The van der Waals surface area contributed by atoms with Crippen LogP contribution >= 0.6 is 0 Å². The summed E-state index contributed by atoms with van der Waals surface area (Å²) < 4.78 is 0. The summed E-state index contributed by atoms with van der Waals surface area (Å²) in [5, 5.41) is 0. The number of H-pyrrole nitrogens is 1. The van der Waals surface area contributed by atoms with Crippen LogP contribution in [0.1, 0.15) is 31.2 Å². The molecule has 0 aliphatic carbocycles. The first-order valence-corrected chi connectivity index (χ1v) is 5.29. The number of imidazole rings is 1. The summed E-state index contributed by atoms with van der Waals surface area (Å²) in [6.07, 6.45) is 1.91. The predicted molar refractivity (Wildman–Crippen MR) is 62.8 cm³/mol. The van der Waals surface area contributed by atoms with Gasteiger partial charge in [-0.15, -0.1) is 0 Å². The maximum absolute atomic E-state index is 4.37. The molecule has 78 valence electrons. The zero-order chi connectivity index (χ0) is 10.8. The Hall–Kier alpha value is -1.57. The maximum atomic E-state index is 4.37. The molecule has 0 saturated heterocycles. The maximum Gasteiger partial charge on any atom is 0.109 e. The van der Waals surface area contributed by atoms with E-state index in [1.54, 1.807) is 0 Å². The van der Waals surface area contributed by atoms with E-state index in [4.69, 9.17) is 0 Å². The summed E-state index contributed by atoms with van der Waals surface area (Å²) >= 11 is 0. The van der Waals surface area contributed by atoms with Crippen molar-refractivity contribution in [1.29, 1.82) is 0 Å². The van der Waals surface area contributed by atoms with Gasteiger partial charge in [0.15, 0.2) is 0 Å². The first kappa shape index (κ1) is 9.97. The Morgan fingerprint density at radius 2 is 2.07 bits per heavy atom. The molecule has 0 spiro atoms. The van der Waals surface area contributed by atoms with Gasteiger partial charge >= 0.3 is 0 Å². The fourth-order valence-corrected chi connectivity index (χ4v) is 1.59. The van der Waals surface area contributed by atoms with Crippen LogP contribution in [0.4, 0.5) is 0 Å². The van der Waals surface area contributed by atoms with Crippen LogP contribution in [0, 0.1) is 6.92 Å². The highest BCUT2D eigenvalue weighted by atomic mass is 14.9. The van der Waals surface area contributed by atoms with Crippen LogP contribution in [0.25, 0.3) is 11.3 Å². The van der Waals surface area contributed by atoms with Gasteiger partial charge in [-0.25, -0.2) is 4.98 Å². The SMILES string of the molecule is Cc1cccc(-c2cnc(C(C)C)[nH]2)c1. The fraction of sp³-hybridized carbons (Fsp3) is 0.308. The molecule has 2 rings (SSSR count). The topological polar surface area (TPSA) is 28.7 Å². The first-order valence-electron chi connectivity index (χ1n) is 5.29. The van der Waals surface area contributed by atoms with E-state index in [-0.39, 0.29) is 0 Å². The van der Waals surface area contributed by atoms with E-state index in [1.165, 1.54) is 11.1 Å². The molecule has 2 nitrogen and oxygen atoms in total. The van der Waals surface area contributed by atoms with E-state index in [0.717, 1.165) is 11.5 Å². The van der Waals surface area contributed by atoms with Crippen LogP contribution in [0.3, 0.4) is 0 Å². The molecule has 0 unspecified atom stereocenters. The monoisotopic (exact) mass is 200 g/mol. The van der Waals surface area contributed by atoms with Crippen molar-refractivity contribution in [2.45, 2.75) is 26.7 Å². The number of nitrogens with zero attached hydrogens (tertiary/aromatic N) is 1. The standard InChI is InChI=1S/C13H16N2/c1-9(2)13-14-8-12(15-13)11-6-4-5-10(3)7-11/h4-9H,1-3H3,(H,14,15). The van der Waals surface area contributed by atoms with Crippen molar-refractivity contribution in [2.75, 3.05) is 0 Å². The molecule has 0 atom stereocenters. The molecule has 2 aromatic rings. The minimum Gasteiger partial charge on any atom is -0.342 e. The van der Waals surface area contributed by atoms with E-state index in [1.807, 2.05) is 6.20 Å². The molecule has 0 radical (unpaired) electrons. The fourth-order valence-electron chi connectivity index (χ4n) is 1.59. The molecule has 1 heterocycles. The van der Waals surface area contributed by atoms with Gasteiger partial charge in [-0.1, -0.05) is 37.6 Å². The van der Waals surface area contributed by atoms with Crippen LogP contribution in [-0.4, -0.2) is 9.97 Å². The van der Waals surface area contributed by atoms with Crippen molar-refractivity contribution < 1.29 is 0 Å². The van der Waals surface area contributed by atoms with Gasteiger partial charge in [0.1, 0.15) is 5.82 Å². The minimum absolute atomic E-state index is 0.448. The van der Waals surface area contributed by atoms with Crippen molar-refractivity contribution in [2.24, 2.45) is 0 Å². The third kappa shape index (κ3) is 2.09. The Labute approximate surface area is 90.4 Å². The van der Waals surface area contributed by atoms with Crippen LogP contribution < -0.4 is 0 Å². The molecule has 15 heavy (non-hydrogen) atoms. The number of nitrogens with one attached hydrogen (secondary N) is 1. The summed E-state index contributed by atoms with van der Waals surface area (Å²) in [6, 6.07) is 8.44. The van der Waals surface area contributed by atoms with Gasteiger partial charge in [-0.05, 0) is 18.6 Å². The van der Waals surface area contributed by atoms with Gasteiger partial charge in [-0.3, -0.25) is 0 Å². The van der Waals surface area contributed by atoms with Crippen LogP contribution in [-0.2, 0) is 0 Å². The number of rotatable bonds is 2. The molecular formula is C13H16N2. The lowest BCUT2D eigenvalue weighted by Crippen LogP contribution is -1.89. The minimum atomic E-state index is 0.448. The summed E-state index contributed by atoms with van der Waals surface area (Å²) in [4.78, 5) is 7.71. The first-order chi connectivity index (χ1) is 7.16. The van der Waals surface area contributed by atoms with E-state index in [9.17, 15) is 0 Å². The smallest absolute Gasteiger partial charge is 0.109 e. The third-order valence-corrected chi connectivity index (χ3v) is 2.47. The molecule has 1 N–H and O–H groups in total. The Morgan fingerprint density at radius 3 is 2.67 bits per heavy atom. The zero-order valence-corrected chi connectivity index (χ0v) is 9.41. The number of aryl methyl sites for hydroxylation is 1. The van der Waals surface area contributed by atoms with Crippen molar-refractivity contribution in [3.8, 4) is 11.3 Å². The average molecular weight is 200 g/mol. The molecule has 0 saturated carbocycles. The number of benzene rings is 1. The van der Waals surface area contributed by atoms with E-state index >= 15 is 0 Å². The second-order valence-corrected chi connectivity index (χ2v) is 4.21. The van der Waals surface area contributed by atoms with E-state index in [2.05, 4.69) is 55.0 Å². The van der Waals surface area contributed by atoms with Gasteiger partial charge in [0.05, 0.1) is 11.9 Å². The molecular weight excluding hydrogens is 184 g/mol. The lowest BCUT2D eigenvalue weighted by Gasteiger charge is -2.00. The number of aromatic amines is 1. The van der Waals surface area contributed by atoms with Crippen LogP contribution in [0.5, 0.6) is 0 Å². The highest BCUT2D eigenvalue weighted by molar-refractivity contribution is 5.59. The summed E-state index contributed by atoms with van der Waals surface area (Å²) in [7, 11) is 0. The summed E-state index contributed by atoms with van der Waals surface area (Å²) in [5.74, 6) is 1.50. The molecule has 0 aliphatic heterocycles. The number of hydrogen-bond donors (Lipinski definition) is 1. The number of aromatic nitrogens is 2. The van der Waals surface area contributed by atoms with Crippen LogP contribution in [0.15, 0.2) is 30.5 Å². The summed E-state index contributed by atoms with van der Waals surface area (Å²) in [5.41, 5.74) is 3.57. The van der Waals surface area contributed by atoms with Crippen LogP contribution in [0.2, 0.25) is 0 Å². The average Bonchev–Trinajstić information content (AvgIpc) is 2.66. The van der Waals surface area contributed by atoms with Gasteiger partial charge in [0, 0.05) is 5.92 Å². The van der Waals surface area contributed by atoms with E-state index < -0.39 is 0 Å². The Morgan fingerprint density at radius 1 is 1.27 bits per heavy atom. The molecule has 0 aliphatic rings. The van der Waals surface area contributed by atoms with Crippen molar-refractivity contribution >= 4 is 0 Å². The van der Waals surface area contributed by atoms with Crippen molar-refractivity contribution in [3.05, 3.63) is 41.9 Å². The summed E-state index contributed by atoms with van der Waals surface area (Å²) in [6.45, 7) is 6.38. The number of hydrogen-bond acceptors (Lipinski definition) is 1. The highest BCUT2D eigenvalue weighted by Gasteiger charge is 2.05. The second kappa shape index (κ2) is 3.89. The Kier molecular flexibility index (Phi) is 2.58. The quantitative estimate of drug-likeness (QED) is 0.789. The normalized spacial score (nSPS) is 10.9. The Balaban J connectivity index is 2.37. The second-order valence-electron chi connectivity index (χ2n) is 4.21. The molecule has 1 aromatic carbocycles. The van der Waals surface area contributed by atoms with Crippen molar-refractivity contribution in [3.63, 3.8) is 0 Å². The van der Waals surface area contributed by atoms with E-state index in [0.29, 0.717) is 5.92 Å².